The minimum absolute atomic E-state index is 0.0520. The molecule has 0 spiro atoms. The van der Waals surface area contributed by atoms with Crippen LogP contribution in [0.25, 0.3) is 0 Å². The highest BCUT2D eigenvalue weighted by molar-refractivity contribution is 6.05. The zero-order valence-corrected chi connectivity index (χ0v) is 11.6. The third-order valence-corrected chi connectivity index (χ3v) is 4.07. The highest BCUT2D eigenvalue weighted by Gasteiger charge is 2.35. The Morgan fingerprint density at radius 1 is 1.44 bits per heavy atom. The molecule has 1 fully saturated rings. The molecule has 2 atom stereocenters. The van der Waals surface area contributed by atoms with Crippen molar-refractivity contribution in [2.24, 2.45) is 22.2 Å². The molecule has 18 heavy (non-hydrogen) atoms. The van der Waals surface area contributed by atoms with Crippen molar-refractivity contribution in [3.63, 3.8) is 0 Å². The Morgan fingerprint density at radius 3 is 2.61 bits per heavy atom. The van der Waals surface area contributed by atoms with Gasteiger partial charge < -0.3 is 16.3 Å². The van der Waals surface area contributed by atoms with Crippen LogP contribution in [0.3, 0.4) is 0 Å². The molecule has 0 saturated heterocycles. The lowest BCUT2D eigenvalue weighted by Crippen LogP contribution is -2.51. The number of hydrogen-bond acceptors (Lipinski definition) is 3. The predicted molar refractivity (Wildman–Crippen MR) is 71.4 cm³/mol. The molecule has 0 radical (unpaired) electrons. The molecule has 1 rings (SSSR count). The third kappa shape index (κ3) is 3.15. The average molecular weight is 255 g/mol. The Balaban J connectivity index is 2.68. The van der Waals surface area contributed by atoms with Gasteiger partial charge in [-0.1, -0.05) is 31.3 Å². The summed E-state index contributed by atoms with van der Waals surface area (Å²) in [6.07, 6.45) is 5.68. The van der Waals surface area contributed by atoms with Crippen molar-refractivity contribution < 1.29 is 10.0 Å². The molecular weight excluding hydrogens is 230 g/mol. The molecule has 1 saturated carbocycles. The van der Waals surface area contributed by atoms with E-state index in [0.29, 0.717) is 5.92 Å². The Morgan fingerprint density at radius 2 is 2.06 bits per heavy atom. The van der Waals surface area contributed by atoms with Gasteiger partial charge in [-0.05, 0) is 32.6 Å². The first-order valence-electron chi connectivity index (χ1n) is 6.72. The first kappa shape index (κ1) is 14.8. The second-order valence-electron chi connectivity index (χ2n) is 5.64. The standard InChI is InChI=1S/C13H25N3O2/c1-4-9-7-5-6-8-10(9)15-12(17)13(2,3)11(14)16-18/h9-10,18H,4-8H2,1-3H3,(H2,14,16)(H,15,17). The molecule has 5 heteroatoms. The molecule has 4 N–H and O–H groups in total. The number of rotatable bonds is 4. The van der Waals surface area contributed by atoms with Crippen molar-refractivity contribution >= 4 is 11.7 Å². The summed E-state index contributed by atoms with van der Waals surface area (Å²) in [4.78, 5) is 12.2. The number of nitrogens with one attached hydrogen (secondary N) is 1. The van der Waals surface area contributed by atoms with Crippen LogP contribution in [0.15, 0.2) is 5.16 Å². The van der Waals surface area contributed by atoms with Gasteiger partial charge in [0.15, 0.2) is 5.84 Å². The molecule has 0 heterocycles. The number of nitrogens with zero attached hydrogens (tertiary/aromatic N) is 1. The average Bonchev–Trinajstić information content (AvgIpc) is 2.38. The Kier molecular flexibility index (Phi) is 4.99. The van der Waals surface area contributed by atoms with E-state index >= 15 is 0 Å². The van der Waals surface area contributed by atoms with Crippen molar-refractivity contribution in [3.05, 3.63) is 0 Å². The molecule has 0 aromatic carbocycles. The fourth-order valence-corrected chi connectivity index (χ4v) is 2.48. The molecule has 1 aliphatic carbocycles. The molecule has 1 amide bonds. The molecule has 0 bridgehead atoms. The third-order valence-electron chi connectivity index (χ3n) is 4.07. The SMILES string of the molecule is CCC1CCCCC1NC(=O)C(C)(C)C(N)=NO. The van der Waals surface area contributed by atoms with Crippen LogP contribution in [0.1, 0.15) is 52.9 Å². The summed E-state index contributed by atoms with van der Waals surface area (Å²) in [7, 11) is 0. The quantitative estimate of drug-likeness (QED) is 0.310. The fourth-order valence-electron chi connectivity index (χ4n) is 2.48. The van der Waals surface area contributed by atoms with E-state index in [-0.39, 0.29) is 17.8 Å². The molecular formula is C13H25N3O2. The molecule has 5 nitrogen and oxygen atoms in total. The van der Waals surface area contributed by atoms with Crippen LogP contribution in [0.4, 0.5) is 0 Å². The topological polar surface area (TPSA) is 87.7 Å². The van der Waals surface area contributed by atoms with Gasteiger partial charge in [-0.25, -0.2) is 0 Å². The highest BCUT2D eigenvalue weighted by atomic mass is 16.4. The van der Waals surface area contributed by atoms with Crippen molar-refractivity contribution in [1.29, 1.82) is 0 Å². The molecule has 2 unspecified atom stereocenters. The highest BCUT2D eigenvalue weighted by Crippen LogP contribution is 2.28. The minimum Gasteiger partial charge on any atom is -0.409 e. The summed E-state index contributed by atoms with van der Waals surface area (Å²) in [6, 6.07) is 0.224. The summed E-state index contributed by atoms with van der Waals surface area (Å²) in [5.41, 5.74) is 4.60. The number of nitrogens with two attached hydrogens (primary N) is 1. The maximum atomic E-state index is 12.2. The summed E-state index contributed by atoms with van der Waals surface area (Å²) < 4.78 is 0. The number of carbonyl (C=O) groups is 1. The summed E-state index contributed by atoms with van der Waals surface area (Å²) in [6.45, 7) is 5.49. The van der Waals surface area contributed by atoms with Crippen molar-refractivity contribution in [2.75, 3.05) is 0 Å². The second kappa shape index (κ2) is 6.07. The van der Waals surface area contributed by atoms with E-state index < -0.39 is 5.41 Å². The Bertz CT molecular complexity index is 326. The van der Waals surface area contributed by atoms with Crippen molar-refractivity contribution in [3.8, 4) is 0 Å². The Hall–Kier alpha value is -1.26. The monoisotopic (exact) mass is 255 g/mol. The van der Waals surface area contributed by atoms with Crippen LogP contribution >= 0.6 is 0 Å². The van der Waals surface area contributed by atoms with E-state index in [0.717, 1.165) is 19.3 Å². The largest absolute Gasteiger partial charge is 0.409 e. The lowest BCUT2D eigenvalue weighted by atomic mass is 9.81. The van der Waals surface area contributed by atoms with Gasteiger partial charge in [0, 0.05) is 6.04 Å². The second-order valence-corrected chi connectivity index (χ2v) is 5.64. The first-order chi connectivity index (χ1) is 8.43. The van der Waals surface area contributed by atoms with Crippen LogP contribution in [0.2, 0.25) is 0 Å². The maximum Gasteiger partial charge on any atom is 0.233 e. The lowest BCUT2D eigenvalue weighted by Gasteiger charge is -2.34. The predicted octanol–water partition coefficient (Wildman–Crippen LogP) is 1.84. The van der Waals surface area contributed by atoms with Gasteiger partial charge in [-0.3, -0.25) is 4.79 Å². The first-order valence-corrected chi connectivity index (χ1v) is 6.72. The van der Waals surface area contributed by atoms with Gasteiger partial charge in [-0.2, -0.15) is 0 Å². The van der Waals surface area contributed by atoms with Gasteiger partial charge in [0.05, 0.1) is 0 Å². The summed E-state index contributed by atoms with van der Waals surface area (Å²) in [5.74, 6) is 0.331. The van der Waals surface area contributed by atoms with Gasteiger partial charge >= 0.3 is 0 Å². The molecule has 1 aliphatic rings. The van der Waals surface area contributed by atoms with Gasteiger partial charge in [0.25, 0.3) is 0 Å². The van der Waals surface area contributed by atoms with Gasteiger partial charge in [0.2, 0.25) is 5.91 Å². The number of hydrogen-bond donors (Lipinski definition) is 3. The number of carbonyl (C=O) groups excluding carboxylic acids is 1. The summed E-state index contributed by atoms with van der Waals surface area (Å²) in [5, 5.41) is 14.7. The van der Waals surface area contributed by atoms with E-state index in [2.05, 4.69) is 17.4 Å². The normalized spacial score (nSPS) is 25.8. The van der Waals surface area contributed by atoms with E-state index in [1.165, 1.54) is 12.8 Å². The number of oxime groups is 1. The van der Waals surface area contributed by atoms with Gasteiger partial charge in [-0.15, -0.1) is 0 Å². The molecule has 0 aliphatic heterocycles. The van der Waals surface area contributed by atoms with Crippen molar-refractivity contribution in [1.82, 2.24) is 5.32 Å². The van der Waals surface area contributed by atoms with E-state index in [4.69, 9.17) is 10.9 Å². The van der Waals surface area contributed by atoms with Crippen LogP contribution in [-0.2, 0) is 4.79 Å². The van der Waals surface area contributed by atoms with Crippen LogP contribution in [-0.4, -0.2) is 23.0 Å². The van der Waals surface area contributed by atoms with Crippen molar-refractivity contribution in [2.45, 2.75) is 58.9 Å². The molecule has 104 valence electrons. The Labute approximate surface area is 109 Å². The zero-order valence-electron chi connectivity index (χ0n) is 11.6. The van der Waals surface area contributed by atoms with Crippen LogP contribution < -0.4 is 11.1 Å². The molecule has 0 aromatic heterocycles. The van der Waals surface area contributed by atoms with E-state index in [9.17, 15) is 4.79 Å². The zero-order chi connectivity index (χ0) is 13.8. The fraction of sp³-hybridized carbons (Fsp3) is 0.846. The van der Waals surface area contributed by atoms with E-state index in [1.807, 2.05) is 0 Å². The number of amidine groups is 1. The summed E-state index contributed by atoms with van der Waals surface area (Å²) >= 11 is 0. The van der Waals surface area contributed by atoms with Gasteiger partial charge in [0.1, 0.15) is 5.41 Å². The minimum atomic E-state index is -0.968. The maximum absolute atomic E-state index is 12.2. The smallest absolute Gasteiger partial charge is 0.233 e. The van der Waals surface area contributed by atoms with Crippen LogP contribution in [0, 0.1) is 11.3 Å². The van der Waals surface area contributed by atoms with Crippen LogP contribution in [0.5, 0.6) is 0 Å². The lowest BCUT2D eigenvalue weighted by molar-refractivity contribution is -0.127. The number of amides is 1. The van der Waals surface area contributed by atoms with E-state index in [1.54, 1.807) is 13.8 Å². The molecule has 0 aromatic rings.